The molecule has 1 fully saturated rings. The van der Waals surface area contributed by atoms with Crippen molar-refractivity contribution in [3.63, 3.8) is 0 Å². The van der Waals surface area contributed by atoms with E-state index >= 15 is 0 Å². The number of likely N-dealkylation sites (tertiary alicyclic amines) is 1. The molecule has 1 unspecified atom stereocenters. The summed E-state index contributed by atoms with van der Waals surface area (Å²) in [6, 6.07) is 1.35. The minimum atomic E-state index is 0.346. The smallest absolute Gasteiger partial charge is 0.0247 e. The van der Waals surface area contributed by atoms with E-state index in [1.807, 2.05) is 0 Å². The van der Waals surface area contributed by atoms with Crippen LogP contribution in [0.1, 0.15) is 34.1 Å². The van der Waals surface area contributed by atoms with Crippen LogP contribution in [0, 0.1) is 11.3 Å². The maximum atomic E-state index is 2.67. The van der Waals surface area contributed by atoms with Crippen molar-refractivity contribution in [3.05, 3.63) is 24.3 Å². The van der Waals surface area contributed by atoms with Crippen LogP contribution in [0.4, 0.5) is 0 Å². The highest BCUT2D eigenvalue weighted by Gasteiger charge is 2.46. The predicted octanol–water partition coefficient (Wildman–Crippen LogP) is 3.24. The Balaban J connectivity index is 2.29. The Labute approximate surface area is 93.9 Å². The second-order valence-corrected chi connectivity index (χ2v) is 5.60. The Morgan fingerprint density at radius 1 is 1.13 bits per heavy atom. The Bertz CT molecular complexity index is 274. The van der Waals surface area contributed by atoms with E-state index in [-0.39, 0.29) is 0 Å². The minimum absolute atomic E-state index is 0.346. The molecule has 0 aromatic heterocycles. The number of hydrogen-bond donors (Lipinski definition) is 0. The van der Waals surface area contributed by atoms with Crippen LogP contribution in [-0.4, -0.2) is 23.5 Å². The van der Waals surface area contributed by atoms with Crippen LogP contribution in [-0.2, 0) is 0 Å². The van der Waals surface area contributed by atoms with Crippen LogP contribution >= 0.6 is 0 Å². The Morgan fingerprint density at radius 2 is 1.73 bits per heavy atom. The second-order valence-electron chi connectivity index (χ2n) is 5.60. The lowest BCUT2D eigenvalue weighted by atomic mass is 9.77. The molecule has 15 heavy (non-hydrogen) atoms. The molecule has 0 N–H and O–H groups in total. The lowest BCUT2D eigenvalue weighted by molar-refractivity contribution is 0.131. The Morgan fingerprint density at radius 3 is 2.20 bits per heavy atom. The van der Waals surface area contributed by atoms with E-state index in [0.29, 0.717) is 17.5 Å². The molecule has 1 heterocycles. The summed E-state index contributed by atoms with van der Waals surface area (Å²) in [4.78, 5) is 2.67. The summed E-state index contributed by atoms with van der Waals surface area (Å²) < 4.78 is 0. The summed E-state index contributed by atoms with van der Waals surface area (Å²) in [5, 5.41) is 0. The van der Waals surface area contributed by atoms with Gasteiger partial charge in [-0.1, -0.05) is 38.2 Å². The topological polar surface area (TPSA) is 3.24 Å². The molecule has 1 atom stereocenters. The fraction of sp³-hybridized carbons (Fsp3) is 0.714. The van der Waals surface area contributed by atoms with Crippen molar-refractivity contribution in [2.75, 3.05) is 6.54 Å². The molecule has 84 valence electrons. The van der Waals surface area contributed by atoms with E-state index < -0.39 is 0 Å². The predicted molar refractivity (Wildman–Crippen MR) is 65.8 cm³/mol. The van der Waals surface area contributed by atoms with Crippen molar-refractivity contribution in [1.29, 1.82) is 0 Å². The van der Waals surface area contributed by atoms with Gasteiger partial charge >= 0.3 is 0 Å². The van der Waals surface area contributed by atoms with Gasteiger partial charge in [0.1, 0.15) is 0 Å². The summed E-state index contributed by atoms with van der Waals surface area (Å²) in [7, 11) is 0. The maximum absolute atomic E-state index is 2.67. The van der Waals surface area contributed by atoms with E-state index in [1.165, 1.54) is 13.0 Å². The van der Waals surface area contributed by atoms with Gasteiger partial charge in [-0.05, 0) is 32.7 Å². The molecular weight excluding hydrogens is 182 g/mol. The van der Waals surface area contributed by atoms with Crippen LogP contribution in [0.3, 0.4) is 0 Å². The first-order valence-corrected chi connectivity index (χ1v) is 6.19. The zero-order chi connectivity index (χ0) is 11.1. The standard InChI is InChI=1S/C14H23N/c1-11(2)13-14(7-5-6-8-14)9-10-15(13)12(3)4/h5-8,11-13H,9-10H2,1-4H3. The van der Waals surface area contributed by atoms with Gasteiger partial charge in [0.05, 0.1) is 0 Å². The second kappa shape index (κ2) is 3.79. The van der Waals surface area contributed by atoms with E-state index in [4.69, 9.17) is 0 Å². The van der Waals surface area contributed by atoms with Crippen molar-refractivity contribution in [3.8, 4) is 0 Å². The zero-order valence-corrected chi connectivity index (χ0v) is 10.4. The molecule has 1 spiro atoms. The number of allylic oxidation sites excluding steroid dienone is 2. The molecule has 0 saturated carbocycles. The fourth-order valence-corrected chi connectivity index (χ4v) is 3.39. The van der Waals surface area contributed by atoms with Gasteiger partial charge < -0.3 is 0 Å². The third kappa shape index (κ3) is 1.67. The van der Waals surface area contributed by atoms with Crippen LogP contribution in [0.2, 0.25) is 0 Å². The molecule has 1 saturated heterocycles. The van der Waals surface area contributed by atoms with Crippen LogP contribution in [0.5, 0.6) is 0 Å². The third-order valence-electron chi connectivity index (χ3n) is 3.93. The summed E-state index contributed by atoms with van der Waals surface area (Å²) in [5.41, 5.74) is 0.346. The van der Waals surface area contributed by atoms with Gasteiger partial charge in [-0.3, -0.25) is 4.90 Å². The molecule has 1 aliphatic heterocycles. The average molecular weight is 205 g/mol. The van der Waals surface area contributed by atoms with Gasteiger partial charge in [-0.15, -0.1) is 0 Å². The minimum Gasteiger partial charge on any atom is -0.297 e. The number of nitrogens with zero attached hydrogens (tertiary/aromatic N) is 1. The molecular formula is C14H23N. The van der Waals surface area contributed by atoms with Gasteiger partial charge in [-0.25, -0.2) is 0 Å². The van der Waals surface area contributed by atoms with Gasteiger partial charge in [0.15, 0.2) is 0 Å². The highest BCUT2D eigenvalue weighted by Crippen LogP contribution is 2.45. The molecule has 0 aromatic carbocycles. The highest BCUT2D eigenvalue weighted by molar-refractivity contribution is 5.30. The fourth-order valence-electron chi connectivity index (χ4n) is 3.39. The summed E-state index contributed by atoms with van der Waals surface area (Å²) in [6.45, 7) is 10.6. The van der Waals surface area contributed by atoms with E-state index in [1.54, 1.807) is 0 Å². The first-order valence-electron chi connectivity index (χ1n) is 6.19. The van der Waals surface area contributed by atoms with Crippen LogP contribution in [0.15, 0.2) is 24.3 Å². The van der Waals surface area contributed by atoms with Crippen molar-refractivity contribution in [1.82, 2.24) is 4.90 Å². The molecule has 1 heteroatoms. The third-order valence-corrected chi connectivity index (χ3v) is 3.93. The normalized spacial score (nSPS) is 29.1. The lowest BCUT2D eigenvalue weighted by Gasteiger charge is -2.38. The molecule has 2 aliphatic rings. The monoisotopic (exact) mass is 205 g/mol. The van der Waals surface area contributed by atoms with E-state index in [9.17, 15) is 0 Å². The quantitative estimate of drug-likeness (QED) is 0.669. The Hall–Kier alpha value is -0.560. The van der Waals surface area contributed by atoms with Crippen LogP contribution in [0.25, 0.3) is 0 Å². The average Bonchev–Trinajstić information content (AvgIpc) is 2.74. The largest absolute Gasteiger partial charge is 0.297 e. The lowest BCUT2D eigenvalue weighted by Crippen LogP contribution is -2.44. The summed E-state index contributed by atoms with van der Waals surface area (Å²) in [5.74, 6) is 0.724. The van der Waals surface area contributed by atoms with E-state index in [2.05, 4.69) is 56.9 Å². The van der Waals surface area contributed by atoms with Crippen molar-refractivity contribution < 1.29 is 0 Å². The summed E-state index contributed by atoms with van der Waals surface area (Å²) in [6.07, 6.45) is 10.6. The van der Waals surface area contributed by atoms with Gasteiger partial charge in [-0.2, -0.15) is 0 Å². The molecule has 1 nitrogen and oxygen atoms in total. The molecule has 0 radical (unpaired) electrons. The molecule has 2 rings (SSSR count). The van der Waals surface area contributed by atoms with Crippen LogP contribution < -0.4 is 0 Å². The first kappa shape index (κ1) is 10.9. The molecule has 0 amide bonds. The Kier molecular flexibility index (Phi) is 2.76. The maximum Gasteiger partial charge on any atom is 0.0247 e. The van der Waals surface area contributed by atoms with Gasteiger partial charge in [0.2, 0.25) is 0 Å². The summed E-state index contributed by atoms with van der Waals surface area (Å²) >= 11 is 0. The zero-order valence-electron chi connectivity index (χ0n) is 10.4. The van der Waals surface area contributed by atoms with E-state index in [0.717, 1.165) is 5.92 Å². The van der Waals surface area contributed by atoms with Crippen molar-refractivity contribution >= 4 is 0 Å². The van der Waals surface area contributed by atoms with Gasteiger partial charge in [0, 0.05) is 17.5 Å². The number of rotatable bonds is 2. The molecule has 0 bridgehead atoms. The molecule has 0 aromatic rings. The SMILES string of the molecule is CC(C)C1N(C(C)C)CCC12C=CC=C2. The number of hydrogen-bond acceptors (Lipinski definition) is 1. The molecule has 1 aliphatic carbocycles. The van der Waals surface area contributed by atoms with Crippen molar-refractivity contribution in [2.45, 2.75) is 46.2 Å². The first-order chi connectivity index (χ1) is 7.07. The van der Waals surface area contributed by atoms with Gasteiger partial charge in [0.25, 0.3) is 0 Å². The highest BCUT2D eigenvalue weighted by atomic mass is 15.2. The van der Waals surface area contributed by atoms with Crippen molar-refractivity contribution in [2.24, 2.45) is 11.3 Å².